The van der Waals surface area contributed by atoms with Gasteiger partial charge < -0.3 is 24.7 Å². The van der Waals surface area contributed by atoms with Gasteiger partial charge in [-0.15, -0.1) is 0 Å². The molecule has 2 N–H and O–H groups in total. The van der Waals surface area contributed by atoms with Crippen molar-refractivity contribution in [3.8, 4) is 0 Å². The van der Waals surface area contributed by atoms with Crippen LogP contribution >= 0.6 is 0 Å². The van der Waals surface area contributed by atoms with Gasteiger partial charge >= 0.3 is 12.1 Å². The summed E-state index contributed by atoms with van der Waals surface area (Å²) in [4.78, 5) is 23.6. The maximum absolute atomic E-state index is 12.2. The summed E-state index contributed by atoms with van der Waals surface area (Å²) in [7, 11) is 0. The van der Waals surface area contributed by atoms with Gasteiger partial charge in [-0.3, -0.25) is 4.79 Å². The topological polar surface area (TPSA) is 97.1 Å². The molecule has 0 aromatic heterocycles. The van der Waals surface area contributed by atoms with E-state index in [1.807, 2.05) is 13.0 Å². The second kappa shape index (κ2) is 8.03. The Morgan fingerprint density at radius 3 is 2.59 bits per heavy atom. The molecule has 3 aliphatic carbocycles. The quantitative estimate of drug-likeness (QED) is 0.498. The normalized spacial score (nSPS) is 33.4. The second-order valence-electron chi connectivity index (χ2n) is 10.6. The summed E-state index contributed by atoms with van der Waals surface area (Å²) >= 11 is 0. The number of hydrogen-bond donors (Lipinski definition) is 1. The molecule has 32 heavy (non-hydrogen) atoms. The fourth-order valence-corrected chi connectivity index (χ4v) is 6.55. The third-order valence-corrected chi connectivity index (χ3v) is 7.84. The highest BCUT2D eigenvalue weighted by Gasteiger charge is 2.57. The van der Waals surface area contributed by atoms with Gasteiger partial charge in [0.25, 0.3) is 0 Å². The number of nitrogens with two attached hydrogens (primary N) is 1. The molecule has 0 aromatic rings. The summed E-state index contributed by atoms with van der Waals surface area (Å²) in [6, 6.07) is 0. The van der Waals surface area contributed by atoms with Crippen molar-refractivity contribution in [3.05, 3.63) is 35.6 Å². The van der Waals surface area contributed by atoms with Crippen molar-refractivity contribution >= 4 is 12.1 Å². The average molecular weight is 446 g/mol. The van der Waals surface area contributed by atoms with Gasteiger partial charge in [0.05, 0.1) is 13.2 Å². The fourth-order valence-electron chi connectivity index (χ4n) is 6.55. The van der Waals surface area contributed by atoms with Crippen LogP contribution in [0.25, 0.3) is 0 Å². The molecule has 1 heterocycles. The minimum absolute atomic E-state index is 0.0951. The van der Waals surface area contributed by atoms with Crippen molar-refractivity contribution in [1.82, 2.24) is 0 Å². The van der Waals surface area contributed by atoms with Gasteiger partial charge in [0, 0.05) is 25.2 Å². The van der Waals surface area contributed by atoms with Crippen molar-refractivity contribution in [1.29, 1.82) is 0 Å². The molecule has 1 saturated carbocycles. The molecular formula is C25H35NO6. The molecule has 176 valence electrons. The summed E-state index contributed by atoms with van der Waals surface area (Å²) in [5.74, 6) is -0.422. The van der Waals surface area contributed by atoms with Crippen molar-refractivity contribution in [2.24, 2.45) is 28.4 Å². The number of allylic oxidation sites excluding steroid dienone is 2. The molecule has 0 aromatic carbocycles. The number of primary amides is 1. The first-order valence-electron chi connectivity index (χ1n) is 11.5. The zero-order valence-corrected chi connectivity index (χ0v) is 19.6. The molecule has 4 rings (SSSR count). The van der Waals surface area contributed by atoms with E-state index in [0.29, 0.717) is 31.8 Å². The Balaban J connectivity index is 1.68. The Kier molecular flexibility index (Phi) is 5.78. The van der Waals surface area contributed by atoms with Crippen LogP contribution in [0.3, 0.4) is 0 Å². The first-order valence-corrected chi connectivity index (χ1v) is 11.5. The van der Waals surface area contributed by atoms with Crippen LogP contribution in [0.2, 0.25) is 0 Å². The van der Waals surface area contributed by atoms with E-state index in [2.05, 4.69) is 26.5 Å². The van der Waals surface area contributed by atoms with Crippen molar-refractivity contribution in [2.45, 2.75) is 71.7 Å². The summed E-state index contributed by atoms with van der Waals surface area (Å²) in [6.07, 6.45) is 6.81. The van der Waals surface area contributed by atoms with Crippen LogP contribution < -0.4 is 5.73 Å². The lowest BCUT2D eigenvalue weighted by atomic mass is 9.62. The van der Waals surface area contributed by atoms with E-state index < -0.39 is 11.9 Å². The SMILES string of the molecule is C=C1C[C@@]2(CC(OC(C)=O)[C@@H]3C(C)=C(OC(N)=O)CCC3(C)C)C=CC3(OCCO3)[C@@H]1C2. The van der Waals surface area contributed by atoms with Crippen LogP contribution in [0.15, 0.2) is 35.6 Å². The molecule has 2 bridgehead atoms. The predicted molar refractivity (Wildman–Crippen MR) is 118 cm³/mol. The van der Waals surface area contributed by atoms with Crippen molar-refractivity contribution < 1.29 is 28.5 Å². The second-order valence-corrected chi connectivity index (χ2v) is 10.6. The molecule has 1 unspecified atom stereocenters. The molecule has 4 aliphatic rings. The largest absolute Gasteiger partial charge is 0.462 e. The van der Waals surface area contributed by atoms with Crippen LogP contribution in [0.4, 0.5) is 4.79 Å². The van der Waals surface area contributed by atoms with E-state index in [9.17, 15) is 9.59 Å². The number of esters is 1. The zero-order valence-electron chi connectivity index (χ0n) is 19.6. The van der Waals surface area contributed by atoms with Crippen LogP contribution in [-0.2, 0) is 23.7 Å². The van der Waals surface area contributed by atoms with Crippen LogP contribution in [0, 0.1) is 22.7 Å². The number of carbonyl (C=O) groups excluding carboxylic acids is 2. The third kappa shape index (κ3) is 4.01. The molecular weight excluding hydrogens is 410 g/mol. The molecule has 2 fully saturated rings. The van der Waals surface area contributed by atoms with Crippen LogP contribution in [0.1, 0.15) is 59.8 Å². The average Bonchev–Trinajstić information content (AvgIpc) is 3.24. The van der Waals surface area contributed by atoms with Gasteiger partial charge in [0.1, 0.15) is 11.9 Å². The lowest BCUT2D eigenvalue weighted by Crippen LogP contribution is -2.44. The predicted octanol–water partition coefficient (Wildman–Crippen LogP) is 4.38. The summed E-state index contributed by atoms with van der Waals surface area (Å²) in [6.45, 7) is 13.3. The molecule has 1 saturated heterocycles. The van der Waals surface area contributed by atoms with E-state index in [4.69, 9.17) is 24.7 Å². The molecule has 4 atom stereocenters. The van der Waals surface area contributed by atoms with E-state index in [1.54, 1.807) is 0 Å². The van der Waals surface area contributed by atoms with Gasteiger partial charge in [-0.2, -0.15) is 0 Å². The molecule has 1 aliphatic heterocycles. The fraction of sp³-hybridized carbons (Fsp3) is 0.680. The lowest BCUT2D eigenvalue weighted by molar-refractivity contribution is -0.159. The maximum atomic E-state index is 12.2. The highest BCUT2D eigenvalue weighted by molar-refractivity contribution is 5.67. The van der Waals surface area contributed by atoms with E-state index in [1.165, 1.54) is 6.92 Å². The van der Waals surface area contributed by atoms with Gasteiger partial charge in [0.15, 0.2) is 5.79 Å². The molecule has 1 spiro atoms. The Bertz CT molecular complexity index is 881. The van der Waals surface area contributed by atoms with E-state index >= 15 is 0 Å². The first kappa shape index (κ1) is 23.1. The number of amides is 1. The monoisotopic (exact) mass is 445 g/mol. The lowest BCUT2D eigenvalue weighted by Gasteiger charge is -2.46. The molecule has 7 heteroatoms. The summed E-state index contributed by atoms with van der Waals surface area (Å²) < 4.78 is 23.3. The maximum Gasteiger partial charge on any atom is 0.409 e. The molecule has 7 nitrogen and oxygen atoms in total. The number of hydrogen-bond acceptors (Lipinski definition) is 6. The highest BCUT2D eigenvalue weighted by atomic mass is 16.7. The smallest absolute Gasteiger partial charge is 0.409 e. The summed E-state index contributed by atoms with van der Waals surface area (Å²) in [5, 5.41) is 0. The number of ether oxygens (including phenoxy) is 4. The Hall–Kier alpha value is -2.12. The number of fused-ring (bicyclic) bond motifs is 3. The zero-order chi connectivity index (χ0) is 23.3. The van der Waals surface area contributed by atoms with Crippen LogP contribution in [-0.4, -0.2) is 37.2 Å². The number of carbonyl (C=O) groups is 2. The van der Waals surface area contributed by atoms with E-state index in [0.717, 1.165) is 30.4 Å². The standard InChI is InChI=1S/C25H35NO6/c1-15-12-24(8-9-25(18(15)13-24)29-10-11-30-25)14-20(31-17(3)27)21-16(2)19(32-22(26)28)6-7-23(21,4)5/h8-9,18,20-21H,1,6-7,10-14H2,2-5H3,(H2,26,28)/t18-,20?,21+,24+/m1/s1. The Labute approximate surface area is 190 Å². The van der Waals surface area contributed by atoms with Gasteiger partial charge in [-0.1, -0.05) is 32.1 Å². The van der Waals surface area contributed by atoms with Gasteiger partial charge in [-0.05, 0) is 55.1 Å². The van der Waals surface area contributed by atoms with Crippen LogP contribution in [0.5, 0.6) is 0 Å². The van der Waals surface area contributed by atoms with Gasteiger partial charge in [0.2, 0.25) is 0 Å². The van der Waals surface area contributed by atoms with Crippen molar-refractivity contribution in [2.75, 3.05) is 13.2 Å². The Morgan fingerprint density at radius 2 is 1.97 bits per heavy atom. The van der Waals surface area contributed by atoms with E-state index in [-0.39, 0.29) is 34.7 Å². The highest BCUT2D eigenvalue weighted by Crippen LogP contribution is 2.59. The minimum Gasteiger partial charge on any atom is -0.462 e. The Morgan fingerprint density at radius 1 is 1.28 bits per heavy atom. The molecule has 1 amide bonds. The third-order valence-electron chi connectivity index (χ3n) is 7.84. The first-order chi connectivity index (χ1) is 15.0. The van der Waals surface area contributed by atoms with Crippen molar-refractivity contribution in [3.63, 3.8) is 0 Å². The molecule has 0 radical (unpaired) electrons. The minimum atomic E-state index is -0.813. The summed E-state index contributed by atoms with van der Waals surface area (Å²) in [5.41, 5.74) is 7.02. The van der Waals surface area contributed by atoms with Gasteiger partial charge in [-0.25, -0.2) is 4.79 Å². The number of rotatable bonds is 5.